The van der Waals surface area contributed by atoms with Gasteiger partial charge in [-0.05, 0) is 49.5 Å². The zero-order valence-electron chi connectivity index (χ0n) is 17.9. The molecular weight excluding hydrogens is 412 g/mol. The first-order valence-corrected chi connectivity index (χ1v) is 12.5. The molecule has 0 bridgehead atoms. The number of hydrogen-bond acceptors (Lipinski definition) is 6. The number of methoxy groups -OCH3 is 1. The van der Waals surface area contributed by atoms with E-state index in [4.69, 9.17) is 4.74 Å². The van der Waals surface area contributed by atoms with Crippen molar-refractivity contribution < 1.29 is 13.2 Å². The Morgan fingerprint density at radius 1 is 1.06 bits per heavy atom. The molecule has 1 saturated heterocycles. The van der Waals surface area contributed by atoms with Gasteiger partial charge in [-0.1, -0.05) is 41.6 Å². The Morgan fingerprint density at radius 3 is 2.48 bits per heavy atom. The zero-order chi connectivity index (χ0) is 21.8. The van der Waals surface area contributed by atoms with E-state index in [0.29, 0.717) is 5.92 Å². The van der Waals surface area contributed by atoms with E-state index in [-0.39, 0.29) is 5.75 Å². The Balaban J connectivity index is 1.40. The van der Waals surface area contributed by atoms with Crippen LogP contribution in [-0.4, -0.2) is 54.8 Å². The molecule has 1 aliphatic rings. The summed E-state index contributed by atoms with van der Waals surface area (Å²) in [5.41, 5.74) is 3.80. The van der Waals surface area contributed by atoms with Crippen LogP contribution in [-0.2, 0) is 22.1 Å². The fraction of sp³-hybridized carbons (Fsp3) is 0.391. The summed E-state index contributed by atoms with van der Waals surface area (Å²) in [4.78, 5) is 2.39. The average Bonchev–Trinajstić information content (AvgIpc) is 3.22. The number of piperidine rings is 1. The Kier molecular flexibility index (Phi) is 6.38. The van der Waals surface area contributed by atoms with Crippen molar-refractivity contribution in [1.29, 1.82) is 0 Å². The summed E-state index contributed by atoms with van der Waals surface area (Å²) in [6.45, 7) is 2.66. The van der Waals surface area contributed by atoms with Crippen molar-refractivity contribution in [2.45, 2.75) is 31.1 Å². The molecule has 164 valence electrons. The monoisotopic (exact) mass is 440 g/mol. The van der Waals surface area contributed by atoms with Crippen LogP contribution in [0.15, 0.2) is 54.7 Å². The van der Waals surface area contributed by atoms with Crippen LogP contribution in [0.5, 0.6) is 5.75 Å². The van der Waals surface area contributed by atoms with Crippen LogP contribution in [0.4, 0.5) is 0 Å². The first kappa shape index (κ1) is 21.5. The van der Waals surface area contributed by atoms with Gasteiger partial charge in [-0.25, -0.2) is 13.1 Å². The molecule has 0 saturated carbocycles. The Bertz CT molecular complexity index is 1120. The first-order valence-electron chi connectivity index (χ1n) is 10.5. The van der Waals surface area contributed by atoms with E-state index in [1.54, 1.807) is 11.8 Å². The molecular formula is C23H28N4O3S. The number of sulfone groups is 1. The minimum Gasteiger partial charge on any atom is -0.496 e. The molecule has 2 heterocycles. The molecule has 0 aliphatic carbocycles. The highest BCUT2D eigenvalue weighted by molar-refractivity contribution is 7.89. The summed E-state index contributed by atoms with van der Waals surface area (Å²) in [5.74, 6) is 1.07. The van der Waals surface area contributed by atoms with Crippen molar-refractivity contribution >= 4 is 9.84 Å². The van der Waals surface area contributed by atoms with Crippen LogP contribution < -0.4 is 4.74 Å². The number of aromatic nitrogens is 3. The van der Waals surface area contributed by atoms with Crippen LogP contribution in [0.1, 0.15) is 35.6 Å². The van der Waals surface area contributed by atoms with Crippen LogP contribution >= 0.6 is 0 Å². The predicted molar refractivity (Wildman–Crippen MR) is 120 cm³/mol. The van der Waals surface area contributed by atoms with E-state index < -0.39 is 9.84 Å². The van der Waals surface area contributed by atoms with Crippen molar-refractivity contribution in [3.05, 3.63) is 71.5 Å². The Hall–Kier alpha value is -2.71. The fourth-order valence-corrected chi connectivity index (χ4v) is 5.07. The van der Waals surface area contributed by atoms with Gasteiger partial charge in [0.2, 0.25) is 0 Å². The molecule has 8 heteroatoms. The topological polar surface area (TPSA) is 77.3 Å². The van der Waals surface area contributed by atoms with Crippen LogP contribution in [0.3, 0.4) is 0 Å². The van der Waals surface area contributed by atoms with Crippen molar-refractivity contribution in [2.24, 2.45) is 0 Å². The van der Waals surface area contributed by atoms with Gasteiger partial charge in [-0.2, -0.15) is 0 Å². The molecule has 31 heavy (non-hydrogen) atoms. The standard InChI is InChI=1S/C23H28N4O3S/c1-30-23-19(17-31(2,28)29)7-6-10-22(23)18-11-13-26(14-12-18)15-20-16-27(25-24-20)21-8-4-3-5-9-21/h3-10,16,18H,11-15,17H2,1-2H3. The quantitative estimate of drug-likeness (QED) is 0.562. The van der Waals surface area contributed by atoms with Gasteiger partial charge in [0.25, 0.3) is 0 Å². The van der Waals surface area contributed by atoms with Gasteiger partial charge in [0.1, 0.15) is 5.75 Å². The van der Waals surface area contributed by atoms with Gasteiger partial charge in [0.05, 0.1) is 30.4 Å². The molecule has 0 atom stereocenters. The highest BCUT2D eigenvalue weighted by atomic mass is 32.2. The summed E-state index contributed by atoms with van der Waals surface area (Å²) in [7, 11) is -1.50. The third-order valence-electron chi connectivity index (χ3n) is 5.72. The smallest absolute Gasteiger partial charge is 0.151 e. The van der Waals surface area contributed by atoms with Gasteiger partial charge in [0, 0.05) is 18.4 Å². The maximum absolute atomic E-state index is 11.8. The van der Waals surface area contributed by atoms with Crippen LogP contribution in [0, 0.1) is 0 Å². The van der Waals surface area contributed by atoms with Crippen molar-refractivity contribution in [1.82, 2.24) is 19.9 Å². The Morgan fingerprint density at radius 2 is 1.81 bits per heavy atom. The van der Waals surface area contributed by atoms with Crippen molar-refractivity contribution in [3.63, 3.8) is 0 Å². The van der Waals surface area contributed by atoms with Gasteiger partial charge in [0.15, 0.2) is 9.84 Å². The van der Waals surface area contributed by atoms with E-state index >= 15 is 0 Å². The summed E-state index contributed by atoms with van der Waals surface area (Å²) in [6, 6.07) is 15.8. The lowest BCUT2D eigenvalue weighted by molar-refractivity contribution is 0.201. The second kappa shape index (κ2) is 9.20. The SMILES string of the molecule is COc1c(CS(C)(=O)=O)cccc1C1CCN(Cc2cn(-c3ccccc3)nn2)CC1. The fourth-order valence-electron chi connectivity index (χ4n) is 4.28. The second-order valence-corrected chi connectivity index (χ2v) is 10.3. The van der Waals surface area contributed by atoms with Gasteiger partial charge in [-0.3, -0.25) is 4.90 Å². The minimum absolute atomic E-state index is 0.0000680. The largest absolute Gasteiger partial charge is 0.496 e. The third-order valence-corrected chi connectivity index (χ3v) is 6.56. The van der Waals surface area contributed by atoms with Crippen molar-refractivity contribution in [2.75, 3.05) is 26.5 Å². The zero-order valence-corrected chi connectivity index (χ0v) is 18.8. The Labute approximate surface area is 183 Å². The number of para-hydroxylation sites is 2. The first-order chi connectivity index (χ1) is 14.9. The highest BCUT2D eigenvalue weighted by Crippen LogP contribution is 2.37. The third kappa shape index (κ3) is 5.32. The van der Waals surface area contributed by atoms with Gasteiger partial charge >= 0.3 is 0 Å². The molecule has 2 aromatic carbocycles. The van der Waals surface area contributed by atoms with Gasteiger partial charge in [-0.15, -0.1) is 5.10 Å². The van der Waals surface area contributed by atoms with E-state index in [2.05, 4.69) is 21.3 Å². The summed E-state index contributed by atoms with van der Waals surface area (Å²) in [6.07, 6.45) is 5.22. The van der Waals surface area contributed by atoms with E-state index in [9.17, 15) is 8.42 Å². The number of likely N-dealkylation sites (tertiary alicyclic amines) is 1. The summed E-state index contributed by atoms with van der Waals surface area (Å²) >= 11 is 0. The lowest BCUT2D eigenvalue weighted by Gasteiger charge is -2.32. The van der Waals surface area contributed by atoms with E-state index in [0.717, 1.165) is 60.7 Å². The number of hydrogen-bond donors (Lipinski definition) is 0. The minimum atomic E-state index is -3.12. The van der Waals surface area contributed by atoms with E-state index in [1.165, 1.54) is 6.26 Å². The molecule has 1 fully saturated rings. The average molecular weight is 441 g/mol. The van der Waals surface area contributed by atoms with E-state index in [1.807, 2.05) is 48.7 Å². The number of ether oxygens (including phenoxy) is 1. The molecule has 7 nitrogen and oxygen atoms in total. The molecule has 0 radical (unpaired) electrons. The van der Waals surface area contributed by atoms with Crippen molar-refractivity contribution in [3.8, 4) is 11.4 Å². The molecule has 3 aromatic rings. The lowest BCUT2D eigenvalue weighted by Crippen LogP contribution is -2.32. The lowest BCUT2D eigenvalue weighted by atomic mass is 9.87. The summed E-state index contributed by atoms with van der Waals surface area (Å²) < 4.78 is 31.0. The second-order valence-electron chi connectivity index (χ2n) is 8.15. The molecule has 0 spiro atoms. The highest BCUT2D eigenvalue weighted by Gasteiger charge is 2.25. The van der Waals surface area contributed by atoms with Gasteiger partial charge < -0.3 is 4.74 Å². The number of nitrogens with zero attached hydrogens (tertiary/aromatic N) is 4. The molecule has 0 unspecified atom stereocenters. The van der Waals surface area contributed by atoms with Crippen LogP contribution in [0.2, 0.25) is 0 Å². The molecule has 1 aromatic heterocycles. The number of rotatable bonds is 7. The molecule has 0 N–H and O–H groups in total. The normalized spacial score (nSPS) is 15.8. The maximum Gasteiger partial charge on any atom is 0.151 e. The molecule has 1 aliphatic heterocycles. The molecule has 4 rings (SSSR count). The summed E-state index contributed by atoms with van der Waals surface area (Å²) in [5, 5.41) is 8.58. The predicted octanol–water partition coefficient (Wildman–Crippen LogP) is 3.20. The number of benzene rings is 2. The molecule has 0 amide bonds. The maximum atomic E-state index is 11.8. The van der Waals surface area contributed by atoms with Crippen LogP contribution in [0.25, 0.3) is 5.69 Å².